The molecule has 2 aromatic rings. The smallest absolute Gasteiger partial charge is 0.125 e. The molecule has 0 saturated heterocycles. The number of hydrogen-bond acceptors (Lipinski definition) is 1. The van der Waals surface area contributed by atoms with Gasteiger partial charge in [-0.1, -0.05) is 57.2 Å². The molecule has 0 aromatic heterocycles. The van der Waals surface area contributed by atoms with Crippen LogP contribution in [-0.2, 0) is 19.3 Å². The fraction of sp³-hybridized carbons (Fsp3) is 0.455. The van der Waals surface area contributed by atoms with Gasteiger partial charge in [0.05, 0.1) is 7.11 Å². The van der Waals surface area contributed by atoms with Crippen LogP contribution in [-0.4, -0.2) is 7.11 Å². The molecule has 0 amide bonds. The van der Waals surface area contributed by atoms with E-state index in [4.69, 9.17) is 4.74 Å². The van der Waals surface area contributed by atoms with E-state index in [1.54, 1.807) is 18.2 Å². The van der Waals surface area contributed by atoms with E-state index in [2.05, 4.69) is 57.2 Å². The standard InChI is InChI=1S/C22H28O/c1-15(2)21-10-6-9-20(22(21)23-4)13-16(3)18-12-11-17-7-5-8-19(17)14-18/h6,9-12,14-16H,5,7-8,13H2,1-4H3/t16-/m0/s1. The SMILES string of the molecule is COc1c(C[C@H](C)c2ccc3c(c2)CCC3)cccc1C(C)C. The summed E-state index contributed by atoms with van der Waals surface area (Å²) in [6.45, 7) is 6.79. The monoisotopic (exact) mass is 308 g/mol. The van der Waals surface area contributed by atoms with Crippen molar-refractivity contribution in [3.8, 4) is 5.75 Å². The molecule has 0 heterocycles. The maximum atomic E-state index is 5.75. The number of hydrogen-bond donors (Lipinski definition) is 0. The maximum absolute atomic E-state index is 5.75. The Labute approximate surface area is 140 Å². The lowest BCUT2D eigenvalue weighted by Gasteiger charge is -2.19. The van der Waals surface area contributed by atoms with E-state index >= 15 is 0 Å². The molecular formula is C22H28O. The lowest BCUT2D eigenvalue weighted by atomic mass is 9.89. The van der Waals surface area contributed by atoms with Gasteiger partial charge in [0, 0.05) is 0 Å². The number of aryl methyl sites for hydroxylation is 2. The zero-order chi connectivity index (χ0) is 16.4. The zero-order valence-electron chi connectivity index (χ0n) is 14.9. The first-order valence-corrected chi connectivity index (χ1v) is 8.87. The maximum Gasteiger partial charge on any atom is 0.125 e. The average molecular weight is 308 g/mol. The fourth-order valence-corrected chi connectivity index (χ4v) is 3.82. The van der Waals surface area contributed by atoms with Gasteiger partial charge in [-0.05, 0) is 65.3 Å². The molecule has 1 aliphatic carbocycles. The lowest BCUT2D eigenvalue weighted by molar-refractivity contribution is 0.401. The van der Waals surface area contributed by atoms with Crippen molar-refractivity contribution in [2.45, 2.75) is 58.3 Å². The quantitative estimate of drug-likeness (QED) is 0.693. The van der Waals surface area contributed by atoms with Crippen LogP contribution in [0, 0.1) is 0 Å². The Bertz CT molecular complexity index is 684. The van der Waals surface area contributed by atoms with Crippen LogP contribution in [0.3, 0.4) is 0 Å². The van der Waals surface area contributed by atoms with Crippen LogP contribution in [0.25, 0.3) is 0 Å². The first kappa shape index (κ1) is 16.1. The topological polar surface area (TPSA) is 9.23 Å². The molecule has 0 fully saturated rings. The number of para-hydroxylation sites is 1. The minimum Gasteiger partial charge on any atom is -0.496 e. The second-order valence-electron chi connectivity index (χ2n) is 7.18. The molecule has 0 aliphatic heterocycles. The number of benzene rings is 2. The highest BCUT2D eigenvalue weighted by Crippen LogP contribution is 2.34. The molecule has 1 atom stereocenters. The first-order valence-electron chi connectivity index (χ1n) is 8.87. The third-order valence-corrected chi connectivity index (χ3v) is 5.17. The van der Waals surface area contributed by atoms with Crippen molar-refractivity contribution >= 4 is 0 Å². The Hall–Kier alpha value is -1.76. The summed E-state index contributed by atoms with van der Waals surface area (Å²) in [4.78, 5) is 0. The van der Waals surface area contributed by atoms with Gasteiger partial charge in [-0.25, -0.2) is 0 Å². The molecule has 0 N–H and O–H groups in total. The first-order chi connectivity index (χ1) is 11.1. The highest BCUT2D eigenvalue weighted by Gasteiger charge is 2.17. The summed E-state index contributed by atoms with van der Waals surface area (Å²) in [6, 6.07) is 13.7. The Morgan fingerprint density at radius 1 is 1.00 bits per heavy atom. The van der Waals surface area contributed by atoms with Crippen molar-refractivity contribution in [1.29, 1.82) is 0 Å². The minimum atomic E-state index is 0.486. The van der Waals surface area contributed by atoms with E-state index in [0.29, 0.717) is 11.8 Å². The third-order valence-electron chi connectivity index (χ3n) is 5.17. The second-order valence-corrected chi connectivity index (χ2v) is 7.18. The van der Waals surface area contributed by atoms with Gasteiger partial charge in [-0.3, -0.25) is 0 Å². The van der Waals surface area contributed by atoms with Crippen LogP contribution >= 0.6 is 0 Å². The number of rotatable bonds is 5. The van der Waals surface area contributed by atoms with Gasteiger partial charge in [0.25, 0.3) is 0 Å². The summed E-state index contributed by atoms with van der Waals surface area (Å²) >= 11 is 0. The molecule has 1 nitrogen and oxygen atoms in total. The van der Waals surface area contributed by atoms with Gasteiger partial charge in [0.2, 0.25) is 0 Å². The molecule has 0 saturated carbocycles. The molecule has 23 heavy (non-hydrogen) atoms. The van der Waals surface area contributed by atoms with Crippen molar-refractivity contribution in [2.75, 3.05) is 7.11 Å². The number of ether oxygens (including phenoxy) is 1. The fourth-order valence-electron chi connectivity index (χ4n) is 3.82. The molecule has 3 rings (SSSR count). The summed E-state index contributed by atoms with van der Waals surface area (Å²) in [5.74, 6) is 2.08. The van der Waals surface area contributed by atoms with E-state index in [0.717, 1.165) is 12.2 Å². The van der Waals surface area contributed by atoms with E-state index in [1.807, 2.05) is 0 Å². The van der Waals surface area contributed by atoms with Gasteiger partial charge < -0.3 is 4.74 Å². The molecular weight excluding hydrogens is 280 g/mol. The number of methoxy groups -OCH3 is 1. The largest absolute Gasteiger partial charge is 0.496 e. The average Bonchev–Trinajstić information content (AvgIpc) is 3.01. The van der Waals surface area contributed by atoms with Crippen LogP contribution in [0.1, 0.15) is 66.8 Å². The lowest BCUT2D eigenvalue weighted by Crippen LogP contribution is -2.04. The van der Waals surface area contributed by atoms with Crippen LogP contribution in [0.5, 0.6) is 5.75 Å². The summed E-state index contributed by atoms with van der Waals surface area (Å²) in [5, 5.41) is 0. The summed E-state index contributed by atoms with van der Waals surface area (Å²) in [6.07, 6.45) is 4.86. The second kappa shape index (κ2) is 6.78. The highest BCUT2D eigenvalue weighted by molar-refractivity contribution is 5.45. The molecule has 0 bridgehead atoms. The Morgan fingerprint density at radius 2 is 1.78 bits per heavy atom. The van der Waals surface area contributed by atoms with Gasteiger partial charge in [-0.2, -0.15) is 0 Å². The van der Waals surface area contributed by atoms with Crippen molar-refractivity contribution in [2.24, 2.45) is 0 Å². The van der Waals surface area contributed by atoms with Crippen LogP contribution in [0.2, 0.25) is 0 Å². The van der Waals surface area contributed by atoms with E-state index in [1.165, 1.54) is 36.0 Å². The highest BCUT2D eigenvalue weighted by atomic mass is 16.5. The summed E-state index contributed by atoms with van der Waals surface area (Å²) in [7, 11) is 1.80. The molecule has 0 radical (unpaired) electrons. The van der Waals surface area contributed by atoms with Gasteiger partial charge in [-0.15, -0.1) is 0 Å². The molecule has 1 aliphatic rings. The molecule has 122 valence electrons. The predicted octanol–water partition coefficient (Wildman–Crippen LogP) is 5.65. The van der Waals surface area contributed by atoms with E-state index in [-0.39, 0.29) is 0 Å². The van der Waals surface area contributed by atoms with Crippen LogP contribution < -0.4 is 4.74 Å². The molecule has 0 unspecified atom stereocenters. The van der Waals surface area contributed by atoms with E-state index in [9.17, 15) is 0 Å². The van der Waals surface area contributed by atoms with Crippen molar-refractivity contribution < 1.29 is 4.74 Å². The van der Waals surface area contributed by atoms with Crippen LogP contribution in [0.4, 0.5) is 0 Å². The predicted molar refractivity (Wildman–Crippen MR) is 97.7 cm³/mol. The minimum absolute atomic E-state index is 0.486. The van der Waals surface area contributed by atoms with Gasteiger partial charge in [0.15, 0.2) is 0 Å². The molecule has 2 aromatic carbocycles. The van der Waals surface area contributed by atoms with Crippen molar-refractivity contribution in [3.63, 3.8) is 0 Å². The van der Waals surface area contributed by atoms with E-state index < -0.39 is 0 Å². The van der Waals surface area contributed by atoms with Gasteiger partial charge >= 0.3 is 0 Å². The number of fused-ring (bicyclic) bond motifs is 1. The normalized spacial score (nSPS) is 14.8. The Morgan fingerprint density at radius 3 is 2.52 bits per heavy atom. The van der Waals surface area contributed by atoms with Crippen LogP contribution in [0.15, 0.2) is 36.4 Å². The van der Waals surface area contributed by atoms with Gasteiger partial charge in [0.1, 0.15) is 5.75 Å². The molecule has 0 spiro atoms. The zero-order valence-corrected chi connectivity index (χ0v) is 14.9. The molecule has 1 heteroatoms. The Balaban J connectivity index is 1.85. The summed E-state index contributed by atoms with van der Waals surface area (Å²) < 4.78 is 5.75. The Kier molecular flexibility index (Phi) is 4.75. The summed E-state index contributed by atoms with van der Waals surface area (Å²) in [5.41, 5.74) is 7.22. The van der Waals surface area contributed by atoms with Crippen molar-refractivity contribution in [1.82, 2.24) is 0 Å². The van der Waals surface area contributed by atoms with Crippen molar-refractivity contribution in [3.05, 3.63) is 64.2 Å². The third kappa shape index (κ3) is 3.29.